The molecule has 0 fully saturated rings. The molecule has 8 heteroatoms. The summed E-state index contributed by atoms with van der Waals surface area (Å²) in [5.74, 6) is 0.584. The Morgan fingerprint density at radius 1 is 0.792 bits per heavy atom. The minimum Gasteiger partial charge on any atom is -0.324 e. The van der Waals surface area contributed by atoms with E-state index >= 15 is 0 Å². The Labute approximate surface area is 139 Å². The third-order valence-electron chi connectivity index (χ3n) is 2.97. The Bertz CT molecular complexity index is 931. The number of rotatable bonds is 5. The van der Waals surface area contributed by atoms with Gasteiger partial charge in [0.25, 0.3) is 0 Å². The zero-order valence-electron chi connectivity index (χ0n) is 12.8. The smallest absolute Gasteiger partial charge is 0.241 e. The molecule has 0 spiro atoms. The van der Waals surface area contributed by atoms with Crippen LogP contribution in [0, 0.1) is 0 Å². The van der Waals surface area contributed by atoms with E-state index in [1.807, 2.05) is 60.7 Å². The third kappa shape index (κ3) is 4.26. The molecule has 24 heavy (non-hydrogen) atoms. The van der Waals surface area contributed by atoms with E-state index in [1.54, 1.807) is 0 Å². The molecule has 3 aromatic rings. The lowest BCUT2D eigenvalue weighted by atomic mass is 10.2. The predicted octanol–water partition coefficient (Wildman–Crippen LogP) is 2.65. The van der Waals surface area contributed by atoms with E-state index < -0.39 is 10.0 Å². The van der Waals surface area contributed by atoms with Crippen LogP contribution >= 0.6 is 0 Å². The summed E-state index contributed by atoms with van der Waals surface area (Å²) >= 11 is 0. The Morgan fingerprint density at radius 2 is 1.38 bits per heavy atom. The molecule has 0 aliphatic carbocycles. The standard InChI is InChI=1S/C16H15N5O2S/c1-24(22,23)21-16-19-14(12-8-4-2-5-9-12)18-15(20-16)17-13-10-6-3-7-11-13/h2-11H,1H3,(H2,17,18,19,20,21). The van der Waals surface area contributed by atoms with Crippen molar-refractivity contribution >= 4 is 27.6 Å². The van der Waals surface area contributed by atoms with Gasteiger partial charge in [-0.3, -0.25) is 4.72 Å². The van der Waals surface area contributed by atoms with Crippen molar-refractivity contribution in [3.8, 4) is 11.4 Å². The highest BCUT2D eigenvalue weighted by Crippen LogP contribution is 2.20. The topological polar surface area (TPSA) is 96.9 Å². The number of hydrogen-bond donors (Lipinski definition) is 2. The van der Waals surface area contributed by atoms with Gasteiger partial charge in [0, 0.05) is 11.3 Å². The summed E-state index contributed by atoms with van der Waals surface area (Å²) in [7, 11) is -3.50. The molecule has 0 amide bonds. The molecule has 1 heterocycles. The number of sulfonamides is 1. The van der Waals surface area contributed by atoms with Crippen molar-refractivity contribution in [2.24, 2.45) is 0 Å². The first-order chi connectivity index (χ1) is 11.5. The Balaban J connectivity index is 2.02. The van der Waals surface area contributed by atoms with Gasteiger partial charge in [-0.15, -0.1) is 0 Å². The molecule has 0 unspecified atom stereocenters. The molecule has 0 bridgehead atoms. The summed E-state index contributed by atoms with van der Waals surface area (Å²) < 4.78 is 25.3. The van der Waals surface area contributed by atoms with Crippen LogP contribution in [0.5, 0.6) is 0 Å². The van der Waals surface area contributed by atoms with E-state index in [4.69, 9.17) is 0 Å². The SMILES string of the molecule is CS(=O)(=O)Nc1nc(Nc2ccccc2)nc(-c2ccccc2)n1. The van der Waals surface area contributed by atoms with Crippen LogP contribution in [0.2, 0.25) is 0 Å². The van der Waals surface area contributed by atoms with Crippen molar-refractivity contribution in [1.29, 1.82) is 0 Å². The second-order valence-electron chi connectivity index (χ2n) is 5.04. The zero-order valence-corrected chi connectivity index (χ0v) is 13.7. The van der Waals surface area contributed by atoms with Gasteiger partial charge in [0.15, 0.2) is 5.82 Å². The van der Waals surface area contributed by atoms with Crippen molar-refractivity contribution < 1.29 is 8.42 Å². The minimum absolute atomic E-state index is 0.0372. The van der Waals surface area contributed by atoms with Crippen LogP contribution in [0.25, 0.3) is 11.4 Å². The van der Waals surface area contributed by atoms with Gasteiger partial charge in [0.1, 0.15) is 0 Å². The summed E-state index contributed by atoms with van der Waals surface area (Å²) in [6, 6.07) is 18.6. The quantitative estimate of drug-likeness (QED) is 0.740. The van der Waals surface area contributed by atoms with Crippen molar-refractivity contribution in [3.63, 3.8) is 0 Å². The first kappa shape index (κ1) is 15.9. The highest BCUT2D eigenvalue weighted by Gasteiger charge is 2.11. The monoisotopic (exact) mass is 341 g/mol. The van der Waals surface area contributed by atoms with E-state index in [0.29, 0.717) is 5.82 Å². The molecule has 2 N–H and O–H groups in total. The van der Waals surface area contributed by atoms with Crippen LogP contribution in [0.4, 0.5) is 17.6 Å². The van der Waals surface area contributed by atoms with Crippen LogP contribution in [0.15, 0.2) is 60.7 Å². The van der Waals surface area contributed by atoms with Gasteiger partial charge in [-0.2, -0.15) is 15.0 Å². The second-order valence-corrected chi connectivity index (χ2v) is 6.79. The summed E-state index contributed by atoms with van der Waals surface area (Å²) in [6.07, 6.45) is 1.04. The Morgan fingerprint density at radius 3 is 2.00 bits per heavy atom. The molecule has 2 aromatic carbocycles. The first-order valence-electron chi connectivity index (χ1n) is 7.11. The maximum Gasteiger partial charge on any atom is 0.241 e. The zero-order chi connectivity index (χ0) is 17.0. The average molecular weight is 341 g/mol. The van der Waals surface area contributed by atoms with E-state index in [9.17, 15) is 8.42 Å². The van der Waals surface area contributed by atoms with Gasteiger partial charge in [-0.05, 0) is 12.1 Å². The summed E-state index contributed by atoms with van der Waals surface area (Å²) in [6.45, 7) is 0. The molecule has 0 saturated heterocycles. The fourth-order valence-corrected chi connectivity index (χ4v) is 2.43. The first-order valence-corrected chi connectivity index (χ1v) is 9.00. The van der Waals surface area contributed by atoms with E-state index in [1.165, 1.54) is 0 Å². The maximum absolute atomic E-state index is 11.5. The third-order valence-corrected chi connectivity index (χ3v) is 3.53. The molecule has 3 rings (SSSR count). The second kappa shape index (κ2) is 6.63. The van der Waals surface area contributed by atoms with Crippen LogP contribution < -0.4 is 10.0 Å². The number of para-hydroxylation sites is 1. The van der Waals surface area contributed by atoms with Crippen LogP contribution in [0.3, 0.4) is 0 Å². The lowest BCUT2D eigenvalue weighted by Crippen LogP contribution is -2.14. The normalized spacial score (nSPS) is 11.0. The fraction of sp³-hybridized carbons (Fsp3) is 0.0625. The molecular weight excluding hydrogens is 326 g/mol. The van der Waals surface area contributed by atoms with Crippen LogP contribution in [0.1, 0.15) is 0 Å². The Kier molecular flexibility index (Phi) is 4.39. The largest absolute Gasteiger partial charge is 0.324 e. The van der Waals surface area contributed by atoms with Crippen LogP contribution in [-0.2, 0) is 10.0 Å². The number of anilines is 3. The molecule has 122 valence electrons. The highest BCUT2D eigenvalue weighted by atomic mass is 32.2. The number of hydrogen-bond acceptors (Lipinski definition) is 6. The molecular formula is C16H15N5O2S. The molecule has 7 nitrogen and oxygen atoms in total. The maximum atomic E-state index is 11.5. The predicted molar refractivity (Wildman–Crippen MR) is 93.5 cm³/mol. The van der Waals surface area contributed by atoms with E-state index in [0.717, 1.165) is 17.5 Å². The molecule has 0 aliphatic heterocycles. The van der Waals surface area contributed by atoms with Crippen molar-refractivity contribution in [2.45, 2.75) is 0 Å². The number of benzene rings is 2. The average Bonchev–Trinajstić information content (AvgIpc) is 2.55. The summed E-state index contributed by atoms with van der Waals surface area (Å²) in [4.78, 5) is 12.7. The molecule has 0 aliphatic rings. The van der Waals surface area contributed by atoms with Gasteiger partial charge in [0.2, 0.25) is 21.9 Å². The van der Waals surface area contributed by atoms with Crippen molar-refractivity contribution in [1.82, 2.24) is 15.0 Å². The molecule has 0 atom stereocenters. The molecule has 0 saturated carbocycles. The lowest BCUT2D eigenvalue weighted by Gasteiger charge is -2.09. The summed E-state index contributed by atoms with van der Waals surface area (Å²) in [5.41, 5.74) is 1.54. The van der Waals surface area contributed by atoms with E-state index in [2.05, 4.69) is 25.0 Å². The van der Waals surface area contributed by atoms with Gasteiger partial charge >= 0.3 is 0 Å². The van der Waals surface area contributed by atoms with Gasteiger partial charge in [-0.1, -0.05) is 48.5 Å². The Hall–Kier alpha value is -3.00. The van der Waals surface area contributed by atoms with Gasteiger partial charge in [-0.25, -0.2) is 8.42 Å². The summed E-state index contributed by atoms with van der Waals surface area (Å²) in [5, 5.41) is 3.04. The number of aromatic nitrogens is 3. The van der Waals surface area contributed by atoms with Crippen molar-refractivity contribution in [2.75, 3.05) is 16.3 Å². The van der Waals surface area contributed by atoms with Gasteiger partial charge < -0.3 is 5.32 Å². The minimum atomic E-state index is -3.50. The number of nitrogens with zero attached hydrogens (tertiary/aromatic N) is 3. The van der Waals surface area contributed by atoms with Crippen molar-refractivity contribution in [3.05, 3.63) is 60.7 Å². The van der Waals surface area contributed by atoms with Crippen LogP contribution in [-0.4, -0.2) is 29.6 Å². The fourth-order valence-electron chi connectivity index (χ4n) is 2.01. The molecule has 0 radical (unpaired) electrons. The highest BCUT2D eigenvalue weighted by molar-refractivity contribution is 7.91. The molecule has 1 aromatic heterocycles. The van der Waals surface area contributed by atoms with E-state index in [-0.39, 0.29) is 11.9 Å². The lowest BCUT2D eigenvalue weighted by molar-refractivity contribution is 0.606. The van der Waals surface area contributed by atoms with Gasteiger partial charge in [0.05, 0.1) is 6.26 Å². The number of nitrogens with one attached hydrogen (secondary N) is 2.